The molecule has 0 unspecified atom stereocenters. The highest BCUT2D eigenvalue weighted by molar-refractivity contribution is 5.85. The van der Waals surface area contributed by atoms with Crippen LogP contribution in [0.1, 0.15) is 11.1 Å². The molecule has 1 fully saturated rings. The third-order valence-corrected chi connectivity index (χ3v) is 2.97. The molecule has 1 saturated heterocycles. The number of aliphatic hydroxyl groups excluding tert-OH is 1. The van der Waals surface area contributed by atoms with Gasteiger partial charge in [-0.25, -0.2) is 4.39 Å². The highest BCUT2D eigenvalue weighted by Crippen LogP contribution is 2.10. The molecule has 1 aromatic carbocycles. The molecule has 2 rings (SSSR count). The maximum absolute atomic E-state index is 13.4. The van der Waals surface area contributed by atoms with Crippen molar-refractivity contribution in [2.75, 3.05) is 19.7 Å². The van der Waals surface area contributed by atoms with Crippen LogP contribution in [-0.4, -0.2) is 36.8 Å². The fraction of sp³-hybridized carbons (Fsp3) is 0.462. The first-order valence-corrected chi connectivity index (χ1v) is 6.19. The molecule has 0 aliphatic carbocycles. The molecule has 3 N–H and O–H groups in total. The van der Waals surface area contributed by atoms with E-state index in [-0.39, 0.29) is 37.0 Å². The Hall–Kier alpha value is -1.21. The van der Waals surface area contributed by atoms with Gasteiger partial charge in [-0.1, -0.05) is 12.1 Å². The highest BCUT2D eigenvalue weighted by atomic mass is 35.5. The van der Waals surface area contributed by atoms with Gasteiger partial charge < -0.3 is 20.5 Å². The smallest absolute Gasteiger partial charge is 0.250 e. The summed E-state index contributed by atoms with van der Waals surface area (Å²) >= 11 is 0. The van der Waals surface area contributed by atoms with Crippen LogP contribution in [0.4, 0.5) is 4.39 Å². The van der Waals surface area contributed by atoms with Crippen molar-refractivity contribution in [2.24, 2.45) is 0 Å². The predicted molar refractivity (Wildman–Crippen MR) is 74.0 cm³/mol. The summed E-state index contributed by atoms with van der Waals surface area (Å²) < 4.78 is 18.7. The first-order chi connectivity index (χ1) is 9.20. The first-order valence-electron chi connectivity index (χ1n) is 6.19. The zero-order valence-corrected chi connectivity index (χ0v) is 11.7. The van der Waals surface area contributed by atoms with Gasteiger partial charge in [-0.2, -0.15) is 0 Å². The number of halogens is 2. The number of hydrogen-bond acceptors (Lipinski definition) is 4. The Balaban J connectivity index is 0.00000200. The van der Waals surface area contributed by atoms with Crippen molar-refractivity contribution in [1.82, 2.24) is 10.6 Å². The number of benzene rings is 1. The van der Waals surface area contributed by atoms with Crippen LogP contribution in [0, 0.1) is 5.82 Å². The van der Waals surface area contributed by atoms with Gasteiger partial charge in [0.1, 0.15) is 11.9 Å². The minimum absolute atomic E-state index is 0. The van der Waals surface area contributed by atoms with Gasteiger partial charge in [-0.15, -0.1) is 12.4 Å². The fourth-order valence-corrected chi connectivity index (χ4v) is 1.87. The van der Waals surface area contributed by atoms with E-state index in [9.17, 15) is 9.18 Å². The number of carbonyl (C=O) groups excluding carboxylic acids is 1. The van der Waals surface area contributed by atoms with Crippen molar-refractivity contribution in [3.05, 3.63) is 35.1 Å². The van der Waals surface area contributed by atoms with Crippen LogP contribution in [0.5, 0.6) is 0 Å². The van der Waals surface area contributed by atoms with Crippen molar-refractivity contribution in [1.29, 1.82) is 0 Å². The maximum atomic E-state index is 13.4. The van der Waals surface area contributed by atoms with Crippen LogP contribution in [0.25, 0.3) is 0 Å². The lowest BCUT2D eigenvalue weighted by Crippen LogP contribution is -2.47. The van der Waals surface area contributed by atoms with E-state index >= 15 is 0 Å². The topological polar surface area (TPSA) is 70.6 Å². The van der Waals surface area contributed by atoms with Crippen LogP contribution in [-0.2, 0) is 22.7 Å². The van der Waals surface area contributed by atoms with Crippen molar-refractivity contribution < 1.29 is 19.0 Å². The highest BCUT2D eigenvalue weighted by Gasteiger charge is 2.21. The van der Waals surface area contributed by atoms with Gasteiger partial charge in [0.2, 0.25) is 0 Å². The molecule has 1 atom stereocenters. The average molecular weight is 305 g/mol. The van der Waals surface area contributed by atoms with E-state index < -0.39 is 11.9 Å². The summed E-state index contributed by atoms with van der Waals surface area (Å²) in [6.45, 7) is 1.65. The minimum Gasteiger partial charge on any atom is -0.392 e. The Morgan fingerprint density at radius 1 is 1.55 bits per heavy atom. The summed E-state index contributed by atoms with van der Waals surface area (Å²) in [5, 5.41) is 14.6. The number of aliphatic hydroxyl groups is 1. The number of amides is 1. The molecule has 0 bridgehead atoms. The Morgan fingerprint density at radius 2 is 2.35 bits per heavy atom. The van der Waals surface area contributed by atoms with E-state index in [0.717, 1.165) is 6.54 Å². The van der Waals surface area contributed by atoms with Crippen LogP contribution in [0.2, 0.25) is 0 Å². The summed E-state index contributed by atoms with van der Waals surface area (Å²) in [6.07, 6.45) is -0.490. The van der Waals surface area contributed by atoms with Crippen LogP contribution < -0.4 is 10.6 Å². The Kier molecular flexibility index (Phi) is 6.87. The predicted octanol–water partition coefficient (Wildman–Crippen LogP) is 0.344. The SMILES string of the molecule is Cl.O=C(NCc1ccc(CO)c(F)c1)[C@H]1CNCCO1. The maximum Gasteiger partial charge on any atom is 0.250 e. The Morgan fingerprint density at radius 3 is 2.95 bits per heavy atom. The van der Waals surface area contributed by atoms with E-state index in [1.807, 2.05) is 0 Å². The van der Waals surface area contributed by atoms with E-state index in [0.29, 0.717) is 18.7 Å². The molecule has 1 aliphatic heterocycles. The molecule has 0 spiro atoms. The number of carbonyl (C=O) groups is 1. The van der Waals surface area contributed by atoms with Crippen molar-refractivity contribution >= 4 is 18.3 Å². The van der Waals surface area contributed by atoms with E-state index in [1.54, 1.807) is 6.07 Å². The molecule has 1 amide bonds. The Labute approximate surface area is 122 Å². The summed E-state index contributed by atoms with van der Waals surface area (Å²) in [5.74, 6) is -0.677. The molecule has 1 heterocycles. The zero-order chi connectivity index (χ0) is 13.7. The van der Waals surface area contributed by atoms with E-state index in [2.05, 4.69) is 10.6 Å². The molecule has 20 heavy (non-hydrogen) atoms. The molecule has 112 valence electrons. The Bertz CT molecular complexity index is 453. The van der Waals surface area contributed by atoms with Gasteiger partial charge in [-0.3, -0.25) is 4.79 Å². The third-order valence-electron chi connectivity index (χ3n) is 2.97. The standard InChI is InChI=1S/C13H17FN2O3.ClH/c14-11-5-9(1-2-10(11)8-17)6-16-13(18)12-7-15-3-4-19-12;/h1-2,5,12,15,17H,3-4,6-8H2,(H,16,18);1H/t12-;/m1./s1. The molecule has 0 aromatic heterocycles. The lowest BCUT2D eigenvalue weighted by atomic mass is 10.1. The lowest BCUT2D eigenvalue weighted by Gasteiger charge is -2.22. The molecular formula is C13H18ClFN2O3. The number of rotatable bonds is 4. The number of hydrogen-bond donors (Lipinski definition) is 3. The average Bonchev–Trinajstić information content (AvgIpc) is 2.46. The van der Waals surface area contributed by atoms with Gasteiger partial charge in [0.25, 0.3) is 5.91 Å². The summed E-state index contributed by atoms with van der Waals surface area (Å²) in [7, 11) is 0. The summed E-state index contributed by atoms with van der Waals surface area (Å²) in [6, 6.07) is 4.50. The third kappa shape index (κ3) is 4.42. The molecular weight excluding hydrogens is 287 g/mol. The van der Waals surface area contributed by atoms with Gasteiger partial charge >= 0.3 is 0 Å². The first kappa shape index (κ1) is 16.8. The van der Waals surface area contributed by atoms with Crippen LogP contribution >= 0.6 is 12.4 Å². The molecule has 1 aromatic rings. The molecule has 1 aliphatic rings. The quantitative estimate of drug-likeness (QED) is 0.750. The second kappa shape index (κ2) is 8.16. The summed E-state index contributed by atoms with van der Waals surface area (Å²) in [4.78, 5) is 11.8. The molecule has 0 saturated carbocycles. The number of nitrogens with one attached hydrogen (secondary N) is 2. The monoisotopic (exact) mass is 304 g/mol. The fourth-order valence-electron chi connectivity index (χ4n) is 1.87. The molecule has 7 heteroatoms. The number of ether oxygens (including phenoxy) is 1. The van der Waals surface area contributed by atoms with Crippen molar-refractivity contribution in [3.63, 3.8) is 0 Å². The minimum atomic E-state index is -0.490. The van der Waals surface area contributed by atoms with Crippen molar-refractivity contribution in [3.8, 4) is 0 Å². The van der Waals surface area contributed by atoms with E-state index in [4.69, 9.17) is 9.84 Å². The lowest BCUT2D eigenvalue weighted by molar-refractivity contribution is -0.134. The van der Waals surface area contributed by atoms with Gasteiger partial charge in [0, 0.05) is 25.2 Å². The van der Waals surface area contributed by atoms with Crippen LogP contribution in [0.3, 0.4) is 0 Å². The van der Waals surface area contributed by atoms with E-state index in [1.165, 1.54) is 12.1 Å². The molecule has 0 radical (unpaired) electrons. The largest absolute Gasteiger partial charge is 0.392 e. The summed E-state index contributed by atoms with van der Waals surface area (Å²) in [5.41, 5.74) is 0.890. The van der Waals surface area contributed by atoms with Gasteiger partial charge in [0.05, 0.1) is 13.2 Å². The second-order valence-corrected chi connectivity index (χ2v) is 4.37. The van der Waals surface area contributed by atoms with Gasteiger partial charge in [0.15, 0.2) is 0 Å². The van der Waals surface area contributed by atoms with Crippen molar-refractivity contribution in [2.45, 2.75) is 19.3 Å². The second-order valence-electron chi connectivity index (χ2n) is 4.37. The van der Waals surface area contributed by atoms with Crippen LogP contribution in [0.15, 0.2) is 18.2 Å². The zero-order valence-electron chi connectivity index (χ0n) is 10.9. The van der Waals surface area contributed by atoms with Gasteiger partial charge in [-0.05, 0) is 11.6 Å². The molecule has 5 nitrogen and oxygen atoms in total. The normalized spacial score (nSPS) is 18.2. The number of morpholine rings is 1.